The molecule has 1 N–H and O–H groups in total. The lowest BCUT2D eigenvalue weighted by Crippen LogP contribution is -2.30. The minimum atomic E-state index is -0.154. The third-order valence-corrected chi connectivity index (χ3v) is 4.07. The average Bonchev–Trinajstić information content (AvgIpc) is 2.71. The van der Waals surface area contributed by atoms with E-state index in [2.05, 4.69) is 5.32 Å². The van der Waals surface area contributed by atoms with Crippen LogP contribution in [0.1, 0.15) is 11.1 Å². The lowest BCUT2D eigenvalue weighted by Gasteiger charge is -2.10. The first-order chi connectivity index (χ1) is 13.2. The number of methoxy groups -OCH3 is 3. The van der Waals surface area contributed by atoms with Crippen molar-refractivity contribution in [2.45, 2.75) is 12.8 Å². The highest BCUT2D eigenvalue weighted by molar-refractivity contribution is 5.77. The molecule has 2 aromatic carbocycles. The van der Waals surface area contributed by atoms with Gasteiger partial charge in [0.15, 0.2) is 18.1 Å². The number of hydrogen-bond acceptors (Lipinski definition) is 5. The summed E-state index contributed by atoms with van der Waals surface area (Å²) in [7, 11) is 4.89. The Morgan fingerprint density at radius 2 is 1.59 bits per heavy atom. The Balaban J connectivity index is 1.72. The van der Waals surface area contributed by atoms with Gasteiger partial charge in [0.2, 0.25) is 0 Å². The highest BCUT2D eigenvalue weighted by Crippen LogP contribution is 2.27. The Morgan fingerprint density at radius 1 is 0.889 bits per heavy atom. The maximum atomic E-state index is 11.9. The summed E-state index contributed by atoms with van der Waals surface area (Å²) in [6.45, 7) is 1.19. The predicted molar refractivity (Wildman–Crippen MR) is 104 cm³/mol. The maximum Gasteiger partial charge on any atom is 0.257 e. The molecular formula is C21H27NO5. The number of benzene rings is 2. The van der Waals surface area contributed by atoms with Gasteiger partial charge in [0.1, 0.15) is 5.75 Å². The van der Waals surface area contributed by atoms with E-state index in [1.54, 1.807) is 21.3 Å². The van der Waals surface area contributed by atoms with E-state index in [-0.39, 0.29) is 12.5 Å². The van der Waals surface area contributed by atoms with Crippen LogP contribution in [-0.2, 0) is 22.4 Å². The van der Waals surface area contributed by atoms with Crippen LogP contribution in [0.2, 0.25) is 0 Å². The highest BCUT2D eigenvalue weighted by atomic mass is 16.5. The Bertz CT molecular complexity index is 715. The van der Waals surface area contributed by atoms with E-state index < -0.39 is 0 Å². The van der Waals surface area contributed by atoms with E-state index in [0.29, 0.717) is 36.8 Å². The maximum absolute atomic E-state index is 11.9. The van der Waals surface area contributed by atoms with Gasteiger partial charge in [0, 0.05) is 13.7 Å². The summed E-state index contributed by atoms with van der Waals surface area (Å²) in [6, 6.07) is 13.4. The summed E-state index contributed by atoms with van der Waals surface area (Å²) in [4.78, 5) is 11.9. The van der Waals surface area contributed by atoms with Crippen molar-refractivity contribution in [2.24, 2.45) is 0 Å². The molecule has 0 fully saturated rings. The third kappa shape index (κ3) is 6.83. The van der Waals surface area contributed by atoms with Crippen molar-refractivity contribution in [3.05, 3.63) is 53.6 Å². The van der Waals surface area contributed by atoms with E-state index in [1.165, 1.54) is 5.56 Å². The molecule has 6 heteroatoms. The fourth-order valence-electron chi connectivity index (χ4n) is 2.55. The molecule has 0 atom stereocenters. The third-order valence-electron chi connectivity index (χ3n) is 4.07. The molecule has 2 aromatic rings. The van der Waals surface area contributed by atoms with Gasteiger partial charge < -0.3 is 24.3 Å². The standard InChI is InChI=1S/C21H27NO5/c1-24-13-11-16-4-7-18(8-5-16)27-15-21(23)22-12-10-17-6-9-19(25-2)20(14-17)26-3/h4-9,14H,10-13,15H2,1-3H3,(H,22,23). The molecule has 0 unspecified atom stereocenters. The van der Waals surface area contributed by atoms with Crippen molar-refractivity contribution in [3.8, 4) is 17.2 Å². The zero-order chi connectivity index (χ0) is 19.5. The largest absolute Gasteiger partial charge is 0.493 e. The van der Waals surface area contributed by atoms with Crippen molar-refractivity contribution in [2.75, 3.05) is 41.1 Å². The minimum absolute atomic E-state index is 0.0106. The van der Waals surface area contributed by atoms with Crippen LogP contribution in [0.5, 0.6) is 17.2 Å². The van der Waals surface area contributed by atoms with Gasteiger partial charge in [-0.2, -0.15) is 0 Å². The fraction of sp³-hybridized carbons (Fsp3) is 0.381. The molecule has 6 nitrogen and oxygen atoms in total. The lowest BCUT2D eigenvalue weighted by atomic mass is 10.1. The zero-order valence-electron chi connectivity index (χ0n) is 16.1. The normalized spacial score (nSPS) is 10.3. The van der Waals surface area contributed by atoms with Crippen molar-refractivity contribution in [1.29, 1.82) is 0 Å². The van der Waals surface area contributed by atoms with E-state index >= 15 is 0 Å². The van der Waals surface area contributed by atoms with Crippen LogP contribution < -0.4 is 19.5 Å². The van der Waals surface area contributed by atoms with Crippen LogP contribution in [-0.4, -0.2) is 47.0 Å². The van der Waals surface area contributed by atoms with Gasteiger partial charge in [-0.25, -0.2) is 0 Å². The number of ether oxygens (including phenoxy) is 4. The molecule has 0 aromatic heterocycles. The molecule has 0 aliphatic carbocycles. The first-order valence-electron chi connectivity index (χ1n) is 8.84. The van der Waals surface area contributed by atoms with Gasteiger partial charge >= 0.3 is 0 Å². The van der Waals surface area contributed by atoms with Crippen molar-refractivity contribution >= 4 is 5.91 Å². The van der Waals surface area contributed by atoms with Crippen LogP contribution in [0, 0.1) is 0 Å². The predicted octanol–water partition coefficient (Wildman–Crippen LogP) is 2.63. The summed E-state index contributed by atoms with van der Waals surface area (Å²) in [5.74, 6) is 1.88. The van der Waals surface area contributed by atoms with Gasteiger partial charge in [-0.05, 0) is 48.2 Å². The number of carbonyl (C=O) groups is 1. The number of rotatable bonds is 11. The highest BCUT2D eigenvalue weighted by Gasteiger charge is 2.06. The summed E-state index contributed by atoms with van der Waals surface area (Å²) < 4.78 is 21.1. The van der Waals surface area contributed by atoms with Crippen molar-refractivity contribution in [1.82, 2.24) is 5.32 Å². The molecule has 146 valence electrons. The van der Waals surface area contributed by atoms with Gasteiger partial charge in [-0.1, -0.05) is 18.2 Å². The molecule has 0 saturated heterocycles. The summed E-state index contributed by atoms with van der Waals surface area (Å²) in [5, 5.41) is 2.85. The average molecular weight is 373 g/mol. The Labute approximate surface area is 160 Å². The second kappa shape index (κ2) is 11.1. The Hall–Kier alpha value is -2.73. The van der Waals surface area contributed by atoms with Crippen molar-refractivity contribution < 1.29 is 23.7 Å². The molecule has 0 spiro atoms. The zero-order valence-corrected chi connectivity index (χ0v) is 16.1. The van der Waals surface area contributed by atoms with Crippen LogP contribution in [0.25, 0.3) is 0 Å². The molecule has 0 saturated carbocycles. The van der Waals surface area contributed by atoms with E-state index in [9.17, 15) is 4.79 Å². The summed E-state index contributed by atoms with van der Waals surface area (Å²) in [6.07, 6.45) is 1.55. The summed E-state index contributed by atoms with van der Waals surface area (Å²) >= 11 is 0. The van der Waals surface area contributed by atoms with Gasteiger partial charge in [-0.15, -0.1) is 0 Å². The second-order valence-corrected chi connectivity index (χ2v) is 5.96. The molecule has 0 aliphatic rings. The SMILES string of the molecule is COCCc1ccc(OCC(=O)NCCc2ccc(OC)c(OC)c2)cc1. The fourth-order valence-corrected chi connectivity index (χ4v) is 2.55. The van der Waals surface area contributed by atoms with Crippen molar-refractivity contribution in [3.63, 3.8) is 0 Å². The Morgan fingerprint density at radius 3 is 2.26 bits per heavy atom. The monoisotopic (exact) mass is 373 g/mol. The number of amides is 1. The van der Waals surface area contributed by atoms with Crippen LogP contribution >= 0.6 is 0 Å². The second-order valence-electron chi connectivity index (χ2n) is 5.96. The van der Waals surface area contributed by atoms with Crippen LogP contribution in [0.3, 0.4) is 0 Å². The molecule has 0 bridgehead atoms. The van der Waals surface area contributed by atoms with Crippen LogP contribution in [0.4, 0.5) is 0 Å². The lowest BCUT2D eigenvalue weighted by molar-refractivity contribution is -0.123. The molecule has 0 heterocycles. The quantitative estimate of drug-likeness (QED) is 0.656. The number of carbonyl (C=O) groups excluding carboxylic acids is 1. The first-order valence-corrected chi connectivity index (χ1v) is 8.84. The molecular weight excluding hydrogens is 346 g/mol. The smallest absolute Gasteiger partial charge is 0.257 e. The van der Waals surface area contributed by atoms with Gasteiger partial charge in [0.25, 0.3) is 5.91 Å². The summed E-state index contributed by atoms with van der Waals surface area (Å²) in [5.41, 5.74) is 2.23. The van der Waals surface area contributed by atoms with Crippen LogP contribution in [0.15, 0.2) is 42.5 Å². The van der Waals surface area contributed by atoms with E-state index in [4.69, 9.17) is 18.9 Å². The first kappa shape index (κ1) is 20.6. The number of nitrogens with one attached hydrogen (secondary N) is 1. The molecule has 0 aliphatic heterocycles. The topological polar surface area (TPSA) is 66.0 Å². The van der Waals surface area contributed by atoms with Gasteiger partial charge in [0.05, 0.1) is 20.8 Å². The number of hydrogen-bond donors (Lipinski definition) is 1. The molecule has 1 amide bonds. The molecule has 0 radical (unpaired) electrons. The van der Waals surface area contributed by atoms with Gasteiger partial charge in [-0.3, -0.25) is 4.79 Å². The molecule has 2 rings (SSSR count). The van der Waals surface area contributed by atoms with E-state index in [0.717, 1.165) is 12.0 Å². The Kier molecular flexibility index (Phi) is 8.45. The molecule has 27 heavy (non-hydrogen) atoms. The van der Waals surface area contributed by atoms with E-state index in [1.807, 2.05) is 42.5 Å². The minimum Gasteiger partial charge on any atom is -0.493 e.